The molecule has 2 aromatic carbocycles. The number of nitrogens with one attached hydrogen (secondary N) is 1. The van der Waals surface area contributed by atoms with Crippen LogP contribution in [-0.4, -0.2) is 21.3 Å². The maximum Gasteiger partial charge on any atom is 0.141 e. The fourth-order valence-corrected chi connectivity index (χ4v) is 1.96. The Kier molecular flexibility index (Phi) is 4.71. The van der Waals surface area contributed by atoms with Crippen molar-refractivity contribution in [2.24, 2.45) is 0 Å². The maximum absolute atomic E-state index is 5.31. The lowest BCUT2D eigenvalue weighted by Crippen LogP contribution is -2.02. The molecule has 1 N–H and O–H groups in total. The van der Waals surface area contributed by atoms with Gasteiger partial charge < -0.3 is 19.5 Å². The predicted octanol–water partition coefficient (Wildman–Crippen LogP) is 3.32. The molecule has 0 aliphatic carbocycles. The lowest BCUT2D eigenvalue weighted by atomic mass is 10.2. The molecule has 0 aliphatic heterocycles. The molecule has 2 aromatic rings. The Labute approximate surface area is 119 Å². The van der Waals surface area contributed by atoms with Crippen LogP contribution < -0.4 is 19.5 Å². The summed E-state index contributed by atoms with van der Waals surface area (Å²) in [6.07, 6.45) is 0. The van der Waals surface area contributed by atoms with Gasteiger partial charge in [0.15, 0.2) is 0 Å². The molecule has 20 heavy (non-hydrogen) atoms. The van der Waals surface area contributed by atoms with E-state index in [-0.39, 0.29) is 0 Å². The highest BCUT2D eigenvalue weighted by atomic mass is 16.5. The Morgan fingerprint density at radius 2 is 1.50 bits per heavy atom. The minimum absolute atomic E-state index is 0.661. The van der Waals surface area contributed by atoms with Gasteiger partial charge in [0.2, 0.25) is 0 Å². The first-order valence-electron chi connectivity index (χ1n) is 6.35. The molecule has 0 bridgehead atoms. The summed E-state index contributed by atoms with van der Waals surface area (Å²) in [5.41, 5.74) is 2.03. The van der Waals surface area contributed by atoms with E-state index in [0.717, 1.165) is 28.5 Å². The van der Waals surface area contributed by atoms with Crippen LogP contribution in [-0.2, 0) is 6.54 Å². The van der Waals surface area contributed by atoms with Crippen LogP contribution in [0.4, 0.5) is 5.69 Å². The molecule has 0 heterocycles. The van der Waals surface area contributed by atoms with Crippen LogP contribution in [0.1, 0.15) is 5.56 Å². The van der Waals surface area contributed by atoms with Gasteiger partial charge in [-0.05, 0) is 29.8 Å². The first kappa shape index (κ1) is 14.1. The van der Waals surface area contributed by atoms with E-state index < -0.39 is 0 Å². The molecule has 4 nitrogen and oxygen atoms in total. The van der Waals surface area contributed by atoms with Crippen molar-refractivity contribution >= 4 is 5.69 Å². The van der Waals surface area contributed by atoms with Crippen LogP contribution in [0, 0.1) is 0 Å². The monoisotopic (exact) mass is 273 g/mol. The second-order valence-electron chi connectivity index (χ2n) is 4.27. The average molecular weight is 273 g/mol. The largest absolute Gasteiger partial charge is 0.497 e. The normalized spacial score (nSPS) is 9.95. The summed E-state index contributed by atoms with van der Waals surface area (Å²) in [5, 5.41) is 3.35. The van der Waals surface area contributed by atoms with Gasteiger partial charge in [-0.1, -0.05) is 12.1 Å². The van der Waals surface area contributed by atoms with Crippen molar-refractivity contribution < 1.29 is 14.2 Å². The average Bonchev–Trinajstić information content (AvgIpc) is 2.52. The van der Waals surface area contributed by atoms with Crippen LogP contribution in [0.2, 0.25) is 0 Å². The fourth-order valence-electron chi connectivity index (χ4n) is 1.96. The van der Waals surface area contributed by atoms with Crippen molar-refractivity contribution in [2.75, 3.05) is 26.6 Å². The van der Waals surface area contributed by atoms with Crippen molar-refractivity contribution in [1.82, 2.24) is 0 Å². The minimum Gasteiger partial charge on any atom is -0.497 e. The Hall–Kier alpha value is -2.36. The fraction of sp³-hybridized carbons (Fsp3) is 0.250. The van der Waals surface area contributed by atoms with Gasteiger partial charge in [0.1, 0.15) is 17.2 Å². The molecule has 4 heteroatoms. The van der Waals surface area contributed by atoms with Gasteiger partial charge >= 0.3 is 0 Å². The van der Waals surface area contributed by atoms with E-state index in [0.29, 0.717) is 6.54 Å². The third kappa shape index (κ3) is 3.35. The maximum atomic E-state index is 5.31. The van der Waals surface area contributed by atoms with E-state index in [4.69, 9.17) is 14.2 Å². The first-order chi connectivity index (χ1) is 9.76. The molecule has 0 aliphatic rings. The molecular weight excluding hydrogens is 254 g/mol. The van der Waals surface area contributed by atoms with Gasteiger partial charge in [0.25, 0.3) is 0 Å². The van der Waals surface area contributed by atoms with Gasteiger partial charge in [-0.3, -0.25) is 0 Å². The van der Waals surface area contributed by atoms with Crippen molar-refractivity contribution in [3.05, 3.63) is 48.0 Å². The van der Waals surface area contributed by atoms with Crippen molar-refractivity contribution in [3.8, 4) is 17.2 Å². The van der Waals surface area contributed by atoms with Gasteiger partial charge in [-0.25, -0.2) is 0 Å². The number of methoxy groups -OCH3 is 3. The van der Waals surface area contributed by atoms with Gasteiger partial charge in [0, 0.05) is 12.6 Å². The molecule has 0 spiro atoms. The Morgan fingerprint density at radius 1 is 0.850 bits per heavy atom. The SMILES string of the molecule is COc1cc(CNc2ccccc2OC)cc(OC)c1. The van der Waals surface area contributed by atoms with E-state index in [2.05, 4.69) is 5.32 Å². The standard InChI is InChI=1S/C16H19NO3/c1-18-13-8-12(9-14(10-13)19-2)11-17-15-6-4-5-7-16(15)20-3/h4-10,17H,11H2,1-3H3. The lowest BCUT2D eigenvalue weighted by molar-refractivity contribution is 0.393. The second-order valence-corrected chi connectivity index (χ2v) is 4.27. The molecule has 0 unspecified atom stereocenters. The van der Waals surface area contributed by atoms with Gasteiger partial charge in [0.05, 0.1) is 27.0 Å². The highest BCUT2D eigenvalue weighted by Crippen LogP contribution is 2.26. The number of rotatable bonds is 6. The Balaban J connectivity index is 2.14. The number of hydrogen-bond donors (Lipinski definition) is 1. The molecule has 2 rings (SSSR count). The second kappa shape index (κ2) is 6.70. The minimum atomic E-state index is 0.661. The smallest absolute Gasteiger partial charge is 0.141 e. The highest BCUT2D eigenvalue weighted by molar-refractivity contribution is 5.56. The molecule has 0 radical (unpaired) electrons. The molecular formula is C16H19NO3. The van der Waals surface area contributed by atoms with E-state index in [9.17, 15) is 0 Å². The topological polar surface area (TPSA) is 39.7 Å². The summed E-state index contributed by atoms with van der Waals surface area (Å²) in [6, 6.07) is 13.6. The Bertz CT molecular complexity index is 547. The summed E-state index contributed by atoms with van der Waals surface area (Å²) in [5.74, 6) is 2.38. The van der Waals surface area contributed by atoms with Crippen molar-refractivity contribution in [2.45, 2.75) is 6.54 Å². The molecule has 0 saturated carbocycles. The summed E-state index contributed by atoms with van der Waals surface area (Å²) >= 11 is 0. The van der Waals surface area contributed by atoms with Crippen LogP contribution in [0.5, 0.6) is 17.2 Å². The van der Waals surface area contributed by atoms with Crippen LogP contribution >= 0.6 is 0 Å². The van der Waals surface area contributed by atoms with Gasteiger partial charge in [-0.2, -0.15) is 0 Å². The zero-order valence-electron chi connectivity index (χ0n) is 12.0. The van der Waals surface area contributed by atoms with Crippen LogP contribution in [0.15, 0.2) is 42.5 Å². The number of benzene rings is 2. The predicted molar refractivity (Wildman–Crippen MR) is 79.9 cm³/mol. The molecule has 0 amide bonds. The quantitative estimate of drug-likeness (QED) is 0.876. The third-order valence-electron chi connectivity index (χ3n) is 3.00. The van der Waals surface area contributed by atoms with E-state index >= 15 is 0 Å². The van der Waals surface area contributed by atoms with Crippen LogP contribution in [0.25, 0.3) is 0 Å². The third-order valence-corrected chi connectivity index (χ3v) is 3.00. The molecule has 0 atom stereocenters. The number of hydrogen-bond acceptors (Lipinski definition) is 4. The molecule has 0 fully saturated rings. The summed E-state index contributed by atoms with van der Waals surface area (Å²) in [7, 11) is 4.95. The van der Waals surface area contributed by atoms with Crippen molar-refractivity contribution in [1.29, 1.82) is 0 Å². The molecule has 0 aromatic heterocycles. The van der Waals surface area contributed by atoms with Crippen molar-refractivity contribution in [3.63, 3.8) is 0 Å². The highest BCUT2D eigenvalue weighted by Gasteiger charge is 2.04. The summed E-state index contributed by atoms with van der Waals surface area (Å²) in [6.45, 7) is 0.661. The van der Waals surface area contributed by atoms with Gasteiger partial charge in [-0.15, -0.1) is 0 Å². The molecule has 106 valence electrons. The Morgan fingerprint density at radius 3 is 2.10 bits per heavy atom. The first-order valence-corrected chi connectivity index (χ1v) is 6.35. The zero-order chi connectivity index (χ0) is 14.4. The number of para-hydroxylation sites is 2. The lowest BCUT2D eigenvalue weighted by Gasteiger charge is -2.12. The summed E-state index contributed by atoms with van der Waals surface area (Å²) < 4.78 is 15.8. The van der Waals surface area contributed by atoms with E-state index in [1.54, 1.807) is 21.3 Å². The van der Waals surface area contributed by atoms with Crippen LogP contribution in [0.3, 0.4) is 0 Å². The summed E-state index contributed by atoms with van der Waals surface area (Å²) in [4.78, 5) is 0. The number of ether oxygens (including phenoxy) is 3. The molecule has 0 saturated heterocycles. The zero-order valence-corrected chi connectivity index (χ0v) is 12.0. The van der Waals surface area contributed by atoms with E-state index in [1.807, 2.05) is 42.5 Å². The number of anilines is 1. The van der Waals surface area contributed by atoms with E-state index in [1.165, 1.54) is 0 Å².